The first-order valence-electron chi connectivity index (χ1n) is 11.7. The van der Waals surface area contributed by atoms with Crippen molar-refractivity contribution >= 4 is 17.8 Å². The first-order chi connectivity index (χ1) is 15.1. The standard InChI is InChI=1S/C25H42N4O3/c1-7-26-24(27-17-11-9-8-10-15-22(30)32-25(2,3)4)28-18-16-20-13-12-14-21(19-20)23(31)29(5)6/h12-14,19H,7-11,15-18H2,1-6H3,(H2,26,27,28). The highest BCUT2D eigenvalue weighted by Gasteiger charge is 2.15. The van der Waals surface area contributed by atoms with Crippen LogP contribution < -0.4 is 10.6 Å². The van der Waals surface area contributed by atoms with Crippen molar-refractivity contribution in [3.8, 4) is 0 Å². The number of nitrogens with one attached hydrogen (secondary N) is 2. The lowest BCUT2D eigenvalue weighted by atomic mass is 10.1. The molecular formula is C25H42N4O3. The second kappa shape index (κ2) is 14.5. The fourth-order valence-corrected chi connectivity index (χ4v) is 3.10. The van der Waals surface area contributed by atoms with Crippen LogP contribution in [0.3, 0.4) is 0 Å². The third-order valence-electron chi connectivity index (χ3n) is 4.61. The summed E-state index contributed by atoms with van der Waals surface area (Å²) in [6.45, 7) is 10.0. The van der Waals surface area contributed by atoms with Gasteiger partial charge in [-0.05, 0) is 64.7 Å². The SMILES string of the molecule is CCNC(=NCCCCCCC(=O)OC(C)(C)C)NCCc1cccc(C(=O)N(C)C)c1. The zero-order chi connectivity index (χ0) is 24.0. The first kappa shape index (κ1) is 27.5. The molecule has 0 aliphatic carbocycles. The first-order valence-corrected chi connectivity index (χ1v) is 11.7. The number of carbonyl (C=O) groups is 2. The maximum Gasteiger partial charge on any atom is 0.306 e. The average Bonchev–Trinajstić information content (AvgIpc) is 2.71. The van der Waals surface area contributed by atoms with E-state index in [9.17, 15) is 9.59 Å². The highest BCUT2D eigenvalue weighted by molar-refractivity contribution is 5.94. The normalized spacial score (nSPS) is 11.8. The summed E-state index contributed by atoms with van der Waals surface area (Å²) in [7, 11) is 3.52. The summed E-state index contributed by atoms with van der Waals surface area (Å²) < 4.78 is 5.33. The number of benzene rings is 1. The zero-order valence-corrected chi connectivity index (χ0v) is 20.8. The number of esters is 1. The van der Waals surface area contributed by atoms with Gasteiger partial charge < -0.3 is 20.3 Å². The van der Waals surface area contributed by atoms with Gasteiger partial charge >= 0.3 is 5.97 Å². The summed E-state index contributed by atoms with van der Waals surface area (Å²) in [5.74, 6) is 0.702. The van der Waals surface area contributed by atoms with Crippen LogP contribution in [0.5, 0.6) is 0 Å². The van der Waals surface area contributed by atoms with Gasteiger partial charge in [0.1, 0.15) is 5.60 Å². The number of rotatable bonds is 12. The van der Waals surface area contributed by atoms with Crippen molar-refractivity contribution in [2.45, 2.75) is 71.8 Å². The summed E-state index contributed by atoms with van der Waals surface area (Å²) in [6, 6.07) is 7.76. The molecule has 0 unspecified atom stereocenters. The topological polar surface area (TPSA) is 83.0 Å². The molecule has 7 nitrogen and oxygen atoms in total. The third-order valence-corrected chi connectivity index (χ3v) is 4.61. The maximum atomic E-state index is 12.1. The van der Waals surface area contributed by atoms with Gasteiger partial charge in [0.15, 0.2) is 5.96 Å². The molecule has 32 heavy (non-hydrogen) atoms. The Hall–Kier alpha value is -2.57. The van der Waals surface area contributed by atoms with Gasteiger partial charge in [0.2, 0.25) is 0 Å². The van der Waals surface area contributed by atoms with Crippen LogP contribution in [-0.2, 0) is 16.0 Å². The number of aliphatic imine (C=N–C) groups is 1. The van der Waals surface area contributed by atoms with E-state index in [1.807, 2.05) is 52.0 Å². The summed E-state index contributed by atoms with van der Waals surface area (Å²) in [5, 5.41) is 6.63. The maximum absolute atomic E-state index is 12.1. The molecule has 180 valence electrons. The Morgan fingerprint density at radius 3 is 2.44 bits per heavy atom. The number of hydrogen-bond acceptors (Lipinski definition) is 4. The second-order valence-electron chi connectivity index (χ2n) is 9.09. The van der Waals surface area contributed by atoms with Crippen LogP contribution in [0.2, 0.25) is 0 Å². The van der Waals surface area contributed by atoms with Crippen LogP contribution in [0.15, 0.2) is 29.3 Å². The minimum absolute atomic E-state index is 0.0146. The Morgan fingerprint density at radius 2 is 1.78 bits per heavy atom. The average molecular weight is 447 g/mol. The monoisotopic (exact) mass is 446 g/mol. The van der Waals surface area contributed by atoms with Crippen LogP contribution in [-0.4, -0.2) is 62.1 Å². The summed E-state index contributed by atoms with van der Waals surface area (Å²) in [5.41, 5.74) is 1.42. The van der Waals surface area contributed by atoms with E-state index in [2.05, 4.69) is 15.6 Å². The van der Waals surface area contributed by atoms with Crippen molar-refractivity contribution in [3.63, 3.8) is 0 Å². The molecule has 1 aromatic carbocycles. The smallest absolute Gasteiger partial charge is 0.306 e. The van der Waals surface area contributed by atoms with Crippen molar-refractivity contribution in [3.05, 3.63) is 35.4 Å². The van der Waals surface area contributed by atoms with Crippen molar-refractivity contribution < 1.29 is 14.3 Å². The second-order valence-corrected chi connectivity index (χ2v) is 9.09. The molecule has 1 rings (SSSR count). The molecule has 0 bridgehead atoms. The lowest BCUT2D eigenvalue weighted by Crippen LogP contribution is -2.38. The molecule has 0 aromatic heterocycles. The number of unbranched alkanes of at least 4 members (excludes halogenated alkanes) is 3. The van der Waals surface area contributed by atoms with Gasteiger partial charge in [-0.2, -0.15) is 0 Å². The van der Waals surface area contributed by atoms with Crippen LogP contribution in [0, 0.1) is 0 Å². The number of hydrogen-bond donors (Lipinski definition) is 2. The van der Waals surface area contributed by atoms with E-state index in [0.717, 1.165) is 63.3 Å². The van der Waals surface area contributed by atoms with Gasteiger partial charge in [-0.1, -0.05) is 25.0 Å². The molecule has 0 spiro atoms. The van der Waals surface area contributed by atoms with Gasteiger partial charge in [0.25, 0.3) is 5.91 Å². The van der Waals surface area contributed by atoms with E-state index in [4.69, 9.17) is 4.74 Å². The van der Waals surface area contributed by atoms with Gasteiger partial charge in [0, 0.05) is 45.7 Å². The summed E-state index contributed by atoms with van der Waals surface area (Å²) in [4.78, 5) is 30.1. The van der Waals surface area contributed by atoms with Crippen molar-refractivity contribution in [2.24, 2.45) is 4.99 Å². The Balaban J connectivity index is 2.32. The fraction of sp³-hybridized carbons (Fsp3) is 0.640. The quantitative estimate of drug-likeness (QED) is 0.221. The molecule has 0 fully saturated rings. The van der Waals surface area contributed by atoms with E-state index in [1.165, 1.54) is 0 Å². The van der Waals surface area contributed by atoms with Crippen LogP contribution in [0.1, 0.15) is 75.7 Å². The van der Waals surface area contributed by atoms with Crippen molar-refractivity contribution in [1.82, 2.24) is 15.5 Å². The Morgan fingerprint density at radius 1 is 1.06 bits per heavy atom. The van der Waals surface area contributed by atoms with Gasteiger partial charge in [-0.15, -0.1) is 0 Å². The van der Waals surface area contributed by atoms with Gasteiger partial charge in [-0.3, -0.25) is 14.6 Å². The van der Waals surface area contributed by atoms with Crippen molar-refractivity contribution in [2.75, 3.05) is 33.7 Å². The van der Waals surface area contributed by atoms with Gasteiger partial charge in [0.05, 0.1) is 0 Å². The van der Waals surface area contributed by atoms with Gasteiger partial charge in [-0.25, -0.2) is 0 Å². The van der Waals surface area contributed by atoms with E-state index < -0.39 is 5.60 Å². The molecule has 2 N–H and O–H groups in total. The third kappa shape index (κ3) is 12.3. The van der Waals surface area contributed by atoms with E-state index in [-0.39, 0.29) is 11.9 Å². The number of guanidine groups is 1. The van der Waals surface area contributed by atoms with Crippen LogP contribution in [0.25, 0.3) is 0 Å². The molecule has 0 aliphatic rings. The van der Waals surface area contributed by atoms with Crippen LogP contribution >= 0.6 is 0 Å². The highest BCUT2D eigenvalue weighted by atomic mass is 16.6. The van der Waals surface area contributed by atoms with Crippen molar-refractivity contribution in [1.29, 1.82) is 0 Å². The predicted octanol–water partition coefficient (Wildman–Crippen LogP) is 3.78. The lowest BCUT2D eigenvalue weighted by Gasteiger charge is -2.19. The number of ether oxygens (including phenoxy) is 1. The minimum Gasteiger partial charge on any atom is -0.460 e. The Bertz CT molecular complexity index is 739. The molecule has 1 aromatic rings. The van der Waals surface area contributed by atoms with E-state index >= 15 is 0 Å². The lowest BCUT2D eigenvalue weighted by molar-refractivity contribution is -0.154. The molecule has 7 heteroatoms. The Kier molecular flexibility index (Phi) is 12.4. The summed E-state index contributed by atoms with van der Waals surface area (Å²) >= 11 is 0. The number of carbonyl (C=O) groups excluding carboxylic acids is 2. The molecular weight excluding hydrogens is 404 g/mol. The van der Waals surface area contributed by atoms with E-state index in [0.29, 0.717) is 12.0 Å². The zero-order valence-electron chi connectivity index (χ0n) is 20.8. The Labute approximate surface area is 194 Å². The van der Waals surface area contributed by atoms with Crippen LogP contribution in [0.4, 0.5) is 0 Å². The molecule has 0 heterocycles. The molecule has 0 radical (unpaired) electrons. The molecule has 1 amide bonds. The number of nitrogens with zero attached hydrogens (tertiary/aromatic N) is 2. The number of amides is 1. The predicted molar refractivity (Wildman–Crippen MR) is 131 cm³/mol. The summed E-state index contributed by atoms with van der Waals surface area (Å²) in [6.07, 6.45) is 5.17. The van der Waals surface area contributed by atoms with E-state index in [1.54, 1.807) is 19.0 Å². The largest absolute Gasteiger partial charge is 0.460 e. The molecule has 0 atom stereocenters. The molecule has 0 saturated carbocycles. The molecule has 0 aliphatic heterocycles. The highest BCUT2D eigenvalue weighted by Crippen LogP contribution is 2.11. The molecule has 0 saturated heterocycles. The fourth-order valence-electron chi connectivity index (χ4n) is 3.10. The minimum atomic E-state index is -0.409.